The molecule has 11 heavy (non-hydrogen) atoms. The van der Waals surface area contributed by atoms with Crippen LogP contribution in [-0.4, -0.2) is 6.04 Å². The average molecular weight is 149 g/mol. The van der Waals surface area contributed by atoms with E-state index in [0.29, 0.717) is 0 Å². The third kappa shape index (κ3) is 1.38. The highest BCUT2D eigenvalue weighted by Crippen LogP contribution is 2.28. The molecule has 0 amide bonds. The number of rotatable bonds is 0. The first-order chi connectivity index (χ1) is 5.36. The molecule has 0 radical (unpaired) electrons. The van der Waals surface area contributed by atoms with Crippen LogP contribution in [0.1, 0.15) is 32.1 Å². The van der Waals surface area contributed by atoms with Gasteiger partial charge < -0.3 is 5.73 Å². The summed E-state index contributed by atoms with van der Waals surface area (Å²) in [4.78, 5) is 0. The molecular formula is C10H15N. The smallest absolute Gasteiger partial charge is 0.0443 e. The molecule has 0 spiro atoms. The second-order valence-corrected chi connectivity index (χ2v) is 3.52. The molecule has 0 aromatic rings. The lowest BCUT2D eigenvalue weighted by atomic mass is 9.85. The van der Waals surface area contributed by atoms with Crippen LogP contribution < -0.4 is 5.73 Å². The van der Waals surface area contributed by atoms with Gasteiger partial charge in [0.05, 0.1) is 0 Å². The third-order valence-electron chi connectivity index (χ3n) is 2.69. The van der Waals surface area contributed by atoms with Crippen molar-refractivity contribution >= 4 is 0 Å². The number of hydrogen-bond donors (Lipinski definition) is 1. The van der Waals surface area contributed by atoms with Crippen LogP contribution in [0.3, 0.4) is 0 Å². The van der Waals surface area contributed by atoms with Crippen molar-refractivity contribution in [1.29, 1.82) is 0 Å². The van der Waals surface area contributed by atoms with Crippen LogP contribution in [-0.2, 0) is 0 Å². The van der Waals surface area contributed by atoms with Gasteiger partial charge in [0, 0.05) is 6.04 Å². The fraction of sp³-hybridized carbons (Fsp3) is 0.600. The molecule has 1 heteroatoms. The first-order valence-corrected chi connectivity index (χ1v) is 4.50. The van der Waals surface area contributed by atoms with Gasteiger partial charge in [-0.2, -0.15) is 0 Å². The molecule has 60 valence electrons. The molecule has 0 aromatic heterocycles. The maximum Gasteiger partial charge on any atom is 0.0443 e. The molecule has 3 aliphatic rings. The predicted molar refractivity (Wildman–Crippen MR) is 47.2 cm³/mol. The number of allylic oxidation sites excluding steroid dienone is 2. The standard InChI is InChI=1S/C10H15N/c11-10-7-8-3-1-2-4-9(10)6-5-8/h4,7,10H,1-3,5-6,11H2. The molecule has 1 atom stereocenters. The predicted octanol–water partition coefficient (Wildman–Crippen LogP) is 2.14. The fourth-order valence-electron chi connectivity index (χ4n) is 1.98. The normalized spacial score (nSPS) is 30.5. The van der Waals surface area contributed by atoms with Crippen LogP contribution in [0.15, 0.2) is 23.3 Å². The molecule has 1 nitrogen and oxygen atoms in total. The van der Waals surface area contributed by atoms with Gasteiger partial charge in [-0.05, 0) is 32.1 Å². The molecule has 1 unspecified atom stereocenters. The topological polar surface area (TPSA) is 26.0 Å². The number of hydrogen-bond acceptors (Lipinski definition) is 1. The van der Waals surface area contributed by atoms with Crippen LogP contribution in [0.2, 0.25) is 0 Å². The van der Waals surface area contributed by atoms with E-state index in [1.54, 1.807) is 5.57 Å². The highest BCUT2D eigenvalue weighted by Gasteiger charge is 2.16. The largest absolute Gasteiger partial charge is 0.321 e. The number of fused-ring (bicyclic) bond motifs is 5. The van der Waals surface area contributed by atoms with E-state index in [4.69, 9.17) is 5.73 Å². The lowest BCUT2D eigenvalue weighted by Crippen LogP contribution is -2.24. The Morgan fingerprint density at radius 3 is 3.00 bits per heavy atom. The SMILES string of the molecule is NC1C=C2CCCC=C1CC2. The number of nitrogens with two attached hydrogens (primary N) is 1. The Hall–Kier alpha value is -0.560. The Bertz CT molecular complexity index is 213. The van der Waals surface area contributed by atoms with Crippen molar-refractivity contribution in [2.45, 2.75) is 38.1 Å². The first kappa shape index (κ1) is 7.11. The van der Waals surface area contributed by atoms with Gasteiger partial charge in [0.15, 0.2) is 0 Å². The maximum atomic E-state index is 5.94. The summed E-state index contributed by atoms with van der Waals surface area (Å²) in [5.41, 5.74) is 9.00. The van der Waals surface area contributed by atoms with E-state index >= 15 is 0 Å². The van der Waals surface area contributed by atoms with Crippen LogP contribution >= 0.6 is 0 Å². The summed E-state index contributed by atoms with van der Waals surface area (Å²) in [6.45, 7) is 0. The lowest BCUT2D eigenvalue weighted by Gasteiger charge is -2.24. The van der Waals surface area contributed by atoms with Gasteiger partial charge in [-0.1, -0.05) is 23.3 Å². The monoisotopic (exact) mass is 149 g/mol. The molecule has 0 heterocycles. The van der Waals surface area contributed by atoms with Gasteiger partial charge in [0.25, 0.3) is 0 Å². The minimum absolute atomic E-state index is 0.249. The van der Waals surface area contributed by atoms with Gasteiger partial charge in [0.2, 0.25) is 0 Å². The summed E-state index contributed by atoms with van der Waals surface area (Å²) in [7, 11) is 0. The lowest BCUT2D eigenvalue weighted by molar-refractivity contribution is 0.677. The van der Waals surface area contributed by atoms with Crippen molar-refractivity contribution in [2.24, 2.45) is 5.73 Å². The Labute approximate surface area is 68.0 Å². The van der Waals surface area contributed by atoms with E-state index in [-0.39, 0.29) is 6.04 Å². The average Bonchev–Trinajstić information content (AvgIpc) is 1.92. The van der Waals surface area contributed by atoms with Crippen LogP contribution in [0.5, 0.6) is 0 Å². The Kier molecular flexibility index (Phi) is 1.82. The minimum Gasteiger partial charge on any atom is -0.321 e. The van der Waals surface area contributed by atoms with Crippen LogP contribution in [0.4, 0.5) is 0 Å². The summed E-state index contributed by atoms with van der Waals surface area (Å²) in [6.07, 6.45) is 10.9. The first-order valence-electron chi connectivity index (χ1n) is 4.50. The van der Waals surface area contributed by atoms with Crippen molar-refractivity contribution in [3.63, 3.8) is 0 Å². The molecule has 0 aromatic carbocycles. The molecule has 2 bridgehead atoms. The van der Waals surface area contributed by atoms with Gasteiger partial charge in [-0.25, -0.2) is 0 Å². The Morgan fingerprint density at radius 1 is 1.27 bits per heavy atom. The van der Waals surface area contributed by atoms with E-state index in [1.165, 1.54) is 37.7 Å². The summed E-state index contributed by atoms with van der Waals surface area (Å²) >= 11 is 0. The third-order valence-corrected chi connectivity index (χ3v) is 2.69. The zero-order valence-electron chi connectivity index (χ0n) is 6.84. The van der Waals surface area contributed by atoms with Gasteiger partial charge in [-0.15, -0.1) is 0 Å². The van der Waals surface area contributed by atoms with Crippen molar-refractivity contribution in [3.05, 3.63) is 23.3 Å². The maximum absolute atomic E-state index is 5.94. The van der Waals surface area contributed by atoms with Crippen molar-refractivity contribution in [1.82, 2.24) is 0 Å². The molecule has 3 aliphatic carbocycles. The van der Waals surface area contributed by atoms with Crippen LogP contribution in [0, 0.1) is 0 Å². The Balaban J connectivity index is 2.28. The Morgan fingerprint density at radius 2 is 2.18 bits per heavy atom. The molecule has 0 fully saturated rings. The molecular weight excluding hydrogens is 134 g/mol. The van der Waals surface area contributed by atoms with E-state index < -0.39 is 0 Å². The van der Waals surface area contributed by atoms with E-state index in [1.807, 2.05) is 0 Å². The second kappa shape index (κ2) is 2.82. The molecule has 0 aliphatic heterocycles. The zero-order chi connectivity index (χ0) is 7.68. The summed E-state index contributed by atoms with van der Waals surface area (Å²) < 4.78 is 0. The highest BCUT2D eigenvalue weighted by molar-refractivity contribution is 5.27. The van der Waals surface area contributed by atoms with E-state index in [9.17, 15) is 0 Å². The van der Waals surface area contributed by atoms with Crippen LogP contribution in [0.25, 0.3) is 0 Å². The van der Waals surface area contributed by atoms with Crippen molar-refractivity contribution in [3.8, 4) is 0 Å². The van der Waals surface area contributed by atoms with E-state index in [0.717, 1.165) is 0 Å². The van der Waals surface area contributed by atoms with Crippen molar-refractivity contribution in [2.75, 3.05) is 0 Å². The molecule has 0 saturated heterocycles. The van der Waals surface area contributed by atoms with Gasteiger partial charge >= 0.3 is 0 Å². The van der Waals surface area contributed by atoms with Gasteiger partial charge in [0.1, 0.15) is 0 Å². The summed E-state index contributed by atoms with van der Waals surface area (Å²) in [5, 5.41) is 0. The fourth-order valence-corrected chi connectivity index (χ4v) is 1.98. The molecule has 0 saturated carbocycles. The summed E-state index contributed by atoms with van der Waals surface area (Å²) in [6, 6.07) is 0.249. The summed E-state index contributed by atoms with van der Waals surface area (Å²) in [5.74, 6) is 0. The molecule has 2 N–H and O–H groups in total. The highest BCUT2D eigenvalue weighted by atomic mass is 14.6. The second-order valence-electron chi connectivity index (χ2n) is 3.52. The van der Waals surface area contributed by atoms with Crippen molar-refractivity contribution < 1.29 is 0 Å². The minimum atomic E-state index is 0.249. The van der Waals surface area contributed by atoms with Gasteiger partial charge in [-0.3, -0.25) is 0 Å². The quantitative estimate of drug-likeness (QED) is 0.525. The van der Waals surface area contributed by atoms with E-state index in [2.05, 4.69) is 12.2 Å². The molecule has 3 rings (SSSR count). The zero-order valence-corrected chi connectivity index (χ0v) is 6.84.